The van der Waals surface area contributed by atoms with E-state index in [0.29, 0.717) is 31.5 Å². The highest BCUT2D eigenvalue weighted by molar-refractivity contribution is 7.46. The molecule has 0 aromatic heterocycles. The van der Waals surface area contributed by atoms with Gasteiger partial charge in [-0.2, -0.15) is 0 Å². The van der Waals surface area contributed by atoms with E-state index in [2.05, 4.69) is 103 Å². The van der Waals surface area contributed by atoms with E-state index < -0.39 is 32.5 Å². The molecule has 0 aromatic carbocycles. The van der Waals surface area contributed by atoms with E-state index in [-0.39, 0.29) is 19.4 Å². The van der Waals surface area contributed by atoms with Crippen LogP contribution in [-0.2, 0) is 32.9 Å². The van der Waals surface area contributed by atoms with Gasteiger partial charge in [-0.25, -0.2) is 4.57 Å². The fourth-order valence-electron chi connectivity index (χ4n) is 5.13. The van der Waals surface area contributed by atoms with Gasteiger partial charge in [-0.05, 0) is 83.5 Å². The topological polar surface area (TPSA) is 132 Å². The van der Waals surface area contributed by atoms with Crippen molar-refractivity contribution in [3.8, 4) is 0 Å². The third kappa shape index (κ3) is 34.9. The molecule has 0 radical (unpaired) electrons. The first kappa shape index (κ1) is 49.7. The van der Waals surface area contributed by atoms with Crippen LogP contribution in [0, 0.1) is 0 Å². The largest absolute Gasteiger partial charge is 0.469 e. The number of esters is 2. The number of allylic oxidation sites excluding steroid dienone is 17. The lowest BCUT2D eigenvalue weighted by atomic mass is 10.1. The Morgan fingerprint density at radius 1 is 0.600 bits per heavy atom. The summed E-state index contributed by atoms with van der Waals surface area (Å²) in [6.45, 7) is 3.40. The first-order valence-electron chi connectivity index (χ1n) is 20.3. The molecule has 0 saturated carbocycles. The molecule has 308 valence electrons. The molecule has 0 spiro atoms. The van der Waals surface area contributed by atoms with Gasteiger partial charge in [-0.1, -0.05) is 142 Å². The van der Waals surface area contributed by atoms with Crippen molar-refractivity contribution >= 4 is 19.8 Å². The van der Waals surface area contributed by atoms with E-state index in [1.165, 1.54) is 25.7 Å². The molecule has 1 saturated heterocycles. The second-order valence-corrected chi connectivity index (χ2v) is 14.5. The molecule has 2 N–H and O–H groups in total. The van der Waals surface area contributed by atoms with Crippen molar-refractivity contribution in [1.82, 2.24) is 0 Å². The summed E-state index contributed by atoms with van der Waals surface area (Å²) in [5.41, 5.74) is 0. The van der Waals surface area contributed by atoms with Gasteiger partial charge in [0.1, 0.15) is 6.61 Å². The summed E-state index contributed by atoms with van der Waals surface area (Å²) in [5.74, 6) is -1.07. The van der Waals surface area contributed by atoms with Crippen molar-refractivity contribution in [3.05, 3.63) is 109 Å². The number of epoxide rings is 1. The van der Waals surface area contributed by atoms with Gasteiger partial charge in [0.25, 0.3) is 0 Å². The van der Waals surface area contributed by atoms with E-state index in [1.54, 1.807) is 0 Å². The van der Waals surface area contributed by atoms with Gasteiger partial charge in [-0.3, -0.25) is 14.1 Å². The summed E-state index contributed by atoms with van der Waals surface area (Å²) in [7, 11) is -4.80. The van der Waals surface area contributed by atoms with Gasteiger partial charge in [0.05, 0.1) is 18.8 Å². The van der Waals surface area contributed by atoms with Crippen molar-refractivity contribution in [2.24, 2.45) is 0 Å². The second kappa shape index (κ2) is 35.1. The van der Waals surface area contributed by atoms with Crippen LogP contribution in [0.5, 0.6) is 0 Å². The number of hydrogen-bond acceptors (Lipinski definition) is 7. The Labute approximate surface area is 331 Å². The fourth-order valence-corrected chi connectivity index (χ4v) is 5.49. The molecule has 1 fully saturated rings. The summed E-state index contributed by atoms with van der Waals surface area (Å²) >= 11 is 0. The van der Waals surface area contributed by atoms with Gasteiger partial charge in [0, 0.05) is 12.8 Å². The molecule has 1 heterocycles. The SMILES string of the molecule is CC/C=C\C/C=C\C/C=C\C/C=C\C/C=C\C/C=C\CCC(=O)OC[C@H](COP(=O)(O)O)OC(=O)CCC/C=C\C/C=C\C/C=C\CC1OC1CCCCC. The average molecular weight is 785 g/mol. The molecule has 1 aliphatic heterocycles. The van der Waals surface area contributed by atoms with Crippen molar-refractivity contribution in [1.29, 1.82) is 0 Å². The number of phosphoric acid groups is 1. The number of phosphoric ester groups is 1. The highest BCUT2D eigenvalue weighted by Gasteiger charge is 2.36. The summed E-state index contributed by atoms with van der Waals surface area (Å²) in [6.07, 6.45) is 52.9. The molecular weight excluding hydrogens is 715 g/mol. The van der Waals surface area contributed by atoms with Crippen molar-refractivity contribution < 1.29 is 42.7 Å². The minimum absolute atomic E-state index is 0.109. The maximum absolute atomic E-state index is 12.4. The highest BCUT2D eigenvalue weighted by Crippen LogP contribution is 2.36. The number of carbonyl (C=O) groups is 2. The minimum atomic E-state index is -4.80. The Balaban J connectivity index is 2.18. The monoisotopic (exact) mass is 784 g/mol. The zero-order valence-electron chi connectivity index (χ0n) is 33.5. The number of rotatable bonds is 34. The van der Waals surface area contributed by atoms with E-state index >= 15 is 0 Å². The maximum Gasteiger partial charge on any atom is 0.469 e. The number of unbranched alkanes of at least 4 members (excludes halogenated alkanes) is 3. The number of hydrogen-bond donors (Lipinski definition) is 2. The maximum atomic E-state index is 12.4. The van der Waals surface area contributed by atoms with Crippen LogP contribution in [0.4, 0.5) is 0 Å². The van der Waals surface area contributed by atoms with Crippen molar-refractivity contribution in [2.75, 3.05) is 13.2 Å². The molecule has 10 heteroatoms. The molecule has 1 rings (SSSR count). The Morgan fingerprint density at radius 2 is 1.11 bits per heavy atom. The number of ether oxygens (including phenoxy) is 3. The van der Waals surface area contributed by atoms with Crippen LogP contribution in [0.3, 0.4) is 0 Å². The zero-order valence-corrected chi connectivity index (χ0v) is 34.4. The smallest absolute Gasteiger partial charge is 0.462 e. The first-order valence-corrected chi connectivity index (χ1v) is 21.8. The summed E-state index contributed by atoms with van der Waals surface area (Å²) < 4.78 is 31.9. The van der Waals surface area contributed by atoms with Gasteiger partial charge in [0.15, 0.2) is 6.10 Å². The average Bonchev–Trinajstić information content (AvgIpc) is 3.91. The molecule has 3 atom stereocenters. The first-order chi connectivity index (χ1) is 26.7. The van der Waals surface area contributed by atoms with E-state index in [9.17, 15) is 14.2 Å². The number of carbonyl (C=O) groups excluding carboxylic acids is 2. The molecule has 2 unspecified atom stereocenters. The highest BCUT2D eigenvalue weighted by atomic mass is 31.2. The molecule has 0 amide bonds. The van der Waals surface area contributed by atoms with Crippen LogP contribution in [0.2, 0.25) is 0 Å². The Kier molecular flexibility index (Phi) is 31.7. The third-order valence-electron chi connectivity index (χ3n) is 8.21. The summed E-state index contributed by atoms with van der Waals surface area (Å²) in [6, 6.07) is 0. The van der Waals surface area contributed by atoms with Crippen LogP contribution in [0.1, 0.15) is 129 Å². The van der Waals surface area contributed by atoms with Gasteiger partial charge in [0.2, 0.25) is 0 Å². The van der Waals surface area contributed by atoms with Crippen molar-refractivity contribution in [2.45, 2.75) is 148 Å². The van der Waals surface area contributed by atoms with Crippen LogP contribution in [0.15, 0.2) is 109 Å². The van der Waals surface area contributed by atoms with Crippen LogP contribution >= 0.6 is 7.82 Å². The Morgan fingerprint density at radius 3 is 1.64 bits per heavy atom. The van der Waals surface area contributed by atoms with Crippen LogP contribution in [-0.4, -0.2) is 53.3 Å². The molecular formula is C45H69O9P. The molecule has 55 heavy (non-hydrogen) atoms. The lowest BCUT2D eigenvalue weighted by Crippen LogP contribution is -2.29. The predicted molar refractivity (Wildman–Crippen MR) is 224 cm³/mol. The molecule has 9 nitrogen and oxygen atoms in total. The summed E-state index contributed by atoms with van der Waals surface area (Å²) in [4.78, 5) is 42.8. The van der Waals surface area contributed by atoms with E-state index in [0.717, 1.165) is 57.8 Å². The molecule has 0 aromatic rings. The normalized spacial score (nSPS) is 17.3. The zero-order chi connectivity index (χ0) is 40.1. The standard InChI is InChI=1S/C45H69O9P/c1-3-5-7-8-9-10-11-12-13-14-15-16-17-18-19-23-26-29-33-37-44(46)51-39-41(40-52-55(48,49)50)53-45(47)38-34-30-27-24-21-20-22-25-28-32-36-43-42(54-43)35-31-6-4-2/h5,7,9-10,12-13,15-16,18-20,22,24,26-29,32,41-43H,3-4,6,8,11,14,17,21,23,25,30-31,33-40H2,1-2H3,(H2,48,49,50)/b7-5-,10-9-,13-12-,16-15-,19-18-,22-20-,27-24-,29-26-,32-28-/t41-,42?,43?/m1/s1. The Hall–Kier alpha value is -3.33. The second-order valence-electron chi connectivity index (χ2n) is 13.3. The van der Waals surface area contributed by atoms with Gasteiger partial charge in [-0.15, -0.1) is 0 Å². The summed E-state index contributed by atoms with van der Waals surface area (Å²) in [5, 5.41) is 0. The lowest BCUT2D eigenvalue weighted by molar-refractivity contribution is -0.161. The Bertz CT molecular complexity index is 1320. The van der Waals surface area contributed by atoms with Crippen molar-refractivity contribution in [3.63, 3.8) is 0 Å². The van der Waals surface area contributed by atoms with Crippen LogP contribution < -0.4 is 0 Å². The molecule has 0 aliphatic carbocycles. The quantitative estimate of drug-likeness (QED) is 0.0215. The van der Waals surface area contributed by atoms with E-state index in [4.69, 9.17) is 24.0 Å². The lowest BCUT2D eigenvalue weighted by Gasteiger charge is -2.18. The van der Waals surface area contributed by atoms with Gasteiger partial charge < -0.3 is 24.0 Å². The molecule has 0 bridgehead atoms. The van der Waals surface area contributed by atoms with Crippen LogP contribution in [0.25, 0.3) is 0 Å². The van der Waals surface area contributed by atoms with E-state index in [1.807, 2.05) is 24.3 Å². The molecule has 1 aliphatic rings. The fraction of sp³-hybridized carbons (Fsp3) is 0.556. The predicted octanol–water partition coefficient (Wildman–Crippen LogP) is 11.4. The minimum Gasteiger partial charge on any atom is -0.462 e. The third-order valence-corrected chi connectivity index (χ3v) is 8.70. The van der Waals surface area contributed by atoms with Gasteiger partial charge >= 0.3 is 19.8 Å².